The number of nitrogens with one attached hydrogen (secondary N) is 2. The summed E-state index contributed by atoms with van der Waals surface area (Å²) in [5.41, 5.74) is 2.53. The molecule has 2 N–H and O–H groups in total. The first kappa shape index (κ1) is 18.6. The molecule has 0 spiro atoms. The monoisotopic (exact) mass is 414 g/mol. The third-order valence-electron chi connectivity index (χ3n) is 5.61. The lowest BCUT2D eigenvalue weighted by Gasteiger charge is -2.35. The molecule has 0 aliphatic carbocycles. The number of hydrogen-bond acceptors (Lipinski definition) is 5. The molecule has 1 saturated heterocycles. The van der Waals surface area contributed by atoms with Gasteiger partial charge in [-0.15, -0.1) is 0 Å². The third kappa shape index (κ3) is 3.40. The first-order chi connectivity index (χ1) is 13.9. The van der Waals surface area contributed by atoms with Crippen molar-refractivity contribution in [3.8, 4) is 0 Å². The fraction of sp³-hybridized carbons (Fsp3) is 0.429. The van der Waals surface area contributed by atoms with E-state index in [1.165, 1.54) is 23.5 Å². The van der Waals surface area contributed by atoms with Gasteiger partial charge < -0.3 is 19.9 Å². The van der Waals surface area contributed by atoms with Gasteiger partial charge in [-0.25, -0.2) is 9.37 Å². The Kier molecular flexibility index (Phi) is 4.36. The smallest absolute Gasteiger partial charge is 0.263 e. The second-order valence-electron chi connectivity index (χ2n) is 8.42. The topological polar surface area (TPSA) is 70.2 Å². The Morgan fingerprint density at radius 3 is 3.14 bits per heavy atom. The molecule has 152 valence electrons. The van der Waals surface area contributed by atoms with E-state index in [1.807, 2.05) is 26.1 Å². The molecule has 29 heavy (non-hydrogen) atoms. The summed E-state index contributed by atoms with van der Waals surface area (Å²) < 4.78 is 19.3. The number of amides is 1. The van der Waals surface area contributed by atoms with Crippen LogP contribution < -0.4 is 10.2 Å². The van der Waals surface area contributed by atoms with Crippen LogP contribution in [0.1, 0.15) is 34.8 Å². The highest BCUT2D eigenvalue weighted by molar-refractivity contribution is 7.17. The quantitative estimate of drug-likeness (QED) is 0.690. The van der Waals surface area contributed by atoms with E-state index < -0.39 is 0 Å². The summed E-state index contributed by atoms with van der Waals surface area (Å²) in [6.45, 7) is 6.00. The Morgan fingerprint density at radius 1 is 1.41 bits per heavy atom. The van der Waals surface area contributed by atoms with Crippen molar-refractivity contribution in [2.45, 2.75) is 38.3 Å². The summed E-state index contributed by atoms with van der Waals surface area (Å²) in [4.78, 5) is 23.5. The molecule has 4 heterocycles. The lowest BCUT2D eigenvalue weighted by molar-refractivity contribution is 0.0900. The van der Waals surface area contributed by atoms with Gasteiger partial charge in [-0.3, -0.25) is 4.79 Å². The molecule has 6 nitrogen and oxygen atoms in total. The second kappa shape index (κ2) is 6.81. The van der Waals surface area contributed by atoms with E-state index in [0.29, 0.717) is 18.1 Å². The van der Waals surface area contributed by atoms with Gasteiger partial charge in [0.1, 0.15) is 10.7 Å². The summed E-state index contributed by atoms with van der Waals surface area (Å²) in [6.07, 6.45) is 3.43. The number of halogens is 1. The third-order valence-corrected chi connectivity index (χ3v) is 6.75. The number of anilines is 1. The van der Waals surface area contributed by atoms with Crippen molar-refractivity contribution in [2.24, 2.45) is 0 Å². The van der Waals surface area contributed by atoms with Crippen molar-refractivity contribution < 1.29 is 13.9 Å². The first-order valence-electron chi connectivity index (χ1n) is 9.82. The van der Waals surface area contributed by atoms with Crippen molar-refractivity contribution in [3.05, 3.63) is 46.3 Å². The van der Waals surface area contributed by atoms with Gasteiger partial charge in [-0.1, -0.05) is 11.3 Å². The van der Waals surface area contributed by atoms with Crippen LogP contribution in [-0.4, -0.2) is 47.2 Å². The minimum Gasteiger partial charge on any atom is -0.377 e. The Balaban J connectivity index is 1.44. The van der Waals surface area contributed by atoms with Crippen LogP contribution in [0.15, 0.2) is 24.4 Å². The highest BCUT2D eigenvalue weighted by atomic mass is 32.1. The molecule has 0 saturated carbocycles. The maximum Gasteiger partial charge on any atom is 0.263 e. The fourth-order valence-electron chi connectivity index (χ4n) is 4.24. The van der Waals surface area contributed by atoms with Crippen LogP contribution in [0.3, 0.4) is 0 Å². The van der Waals surface area contributed by atoms with E-state index in [-0.39, 0.29) is 23.3 Å². The van der Waals surface area contributed by atoms with Crippen molar-refractivity contribution in [3.63, 3.8) is 0 Å². The highest BCUT2D eigenvalue weighted by Crippen LogP contribution is 2.34. The SMILES string of the molecule is CC1(C)Cc2nc(N3CCOCC3Cc3c[nH]c4cc(F)ccc34)sc2C(=O)N1. The molecule has 5 rings (SSSR count). The molecule has 2 aliphatic heterocycles. The summed E-state index contributed by atoms with van der Waals surface area (Å²) in [5, 5.41) is 4.96. The van der Waals surface area contributed by atoms with Gasteiger partial charge in [-0.2, -0.15) is 0 Å². The average Bonchev–Trinajstić information content (AvgIpc) is 3.25. The molecule has 8 heteroatoms. The van der Waals surface area contributed by atoms with Crippen LogP contribution in [0.4, 0.5) is 9.52 Å². The van der Waals surface area contributed by atoms with Gasteiger partial charge in [0.2, 0.25) is 0 Å². The molecule has 1 atom stereocenters. The molecule has 0 bridgehead atoms. The van der Waals surface area contributed by atoms with Gasteiger partial charge >= 0.3 is 0 Å². The number of rotatable bonds is 3. The van der Waals surface area contributed by atoms with Crippen molar-refractivity contribution in [1.82, 2.24) is 15.3 Å². The van der Waals surface area contributed by atoms with Gasteiger partial charge in [0.05, 0.1) is 24.9 Å². The van der Waals surface area contributed by atoms with Crippen LogP contribution >= 0.6 is 11.3 Å². The van der Waals surface area contributed by atoms with E-state index >= 15 is 0 Å². The molecule has 1 fully saturated rings. The molecule has 1 unspecified atom stereocenters. The van der Waals surface area contributed by atoms with E-state index in [4.69, 9.17) is 9.72 Å². The predicted octanol–water partition coefficient (Wildman–Crippen LogP) is 3.28. The molecule has 1 aromatic carbocycles. The van der Waals surface area contributed by atoms with Crippen molar-refractivity contribution >= 4 is 33.3 Å². The van der Waals surface area contributed by atoms with Crippen LogP contribution in [0.25, 0.3) is 10.9 Å². The normalized spacial score (nSPS) is 21.3. The zero-order chi connectivity index (χ0) is 20.2. The zero-order valence-corrected chi connectivity index (χ0v) is 17.2. The number of aromatic amines is 1. The summed E-state index contributed by atoms with van der Waals surface area (Å²) in [7, 11) is 0. The number of carbonyl (C=O) groups excluding carboxylic acids is 1. The molecular weight excluding hydrogens is 391 g/mol. The van der Waals surface area contributed by atoms with Gasteiger partial charge in [0.15, 0.2) is 5.13 Å². The molecule has 2 aliphatic rings. The van der Waals surface area contributed by atoms with Crippen LogP contribution in [0.2, 0.25) is 0 Å². The van der Waals surface area contributed by atoms with Gasteiger partial charge in [-0.05, 0) is 44.0 Å². The van der Waals surface area contributed by atoms with E-state index in [0.717, 1.165) is 46.7 Å². The number of fused-ring (bicyclic) bond motifs is 2. The average molecular weight is 415 g/mol. The molecule has 1 amide bonds. The largest absolute Gasteiger partial charge is 0.377 e. The van der Waals surface area contributed by atoms with Gasteiger partial charge in [0, 0.05) is 35.6 Å². The Morgan fingerprint density at radius 2 is 2.28 bits per heavy atom. The van der Waals surface area contributed by atoms with E-state index in [1.54, 1.807) is 0 Å². The number of ether oxygens (including phenoxy) is 1. The van der Waals surface area contributed by atoms with Crippen LogP contribution in [0.5, 0.6) is 0 Å². The Labute approximate surface area is 172 Å². The Hall–Kier alpha value is -2.45. The van der Waals surface area contributed by atoms with Crippen LogP contribution in [0, 0.1) is 5.82 Å². The van der Waals surface area contributed by atoms with Crippen molar-refractivity contribution in [1.29, 1.82) is 0 Å². The number of hydrogen-bond donors (Lipinski definition) is 2. The second-order valence-corrected chi connectivity index (χ2v) is 9.39. The number of thiazole rings is 1. The molecular formula is C21H23FN4O2S. The molecule has 3 aromatic rings. The van der Waals surface area contributed by atoms with E-state index in [9.17, 15) is 9.18 Å². The highest BCUT2D eigenvalue weighted by Gasteiger charge is 2.35. The first-order valence-corrected chi connectivity index (χ1v) is 10.6. The molecule has 0 radical (unpaired) electrons. The number of morpholine rings is 1. The summed E-state index contributed by atoms with van der Waals surface area (Å²) >= 11 is 1.46. The lowest BCUT2D eigenvalue weighted by Crippen LogP contribution is -2.48. The van der Waals surface area contributed by atoms with Crippen molar-refractivity contribution in [2.75, 3.05) is 24.7 Å². The Bertz CT molecular complexity index is 1090. The number of carbonyl (C=O) groups is 1. The fourth-order valence-corrected chi connectivity index (χ4v) is 5.32. The number of H-pyrrole nitrogens is 1. The minimum absolute atomic E-state index is 0.0385. The minimum atomic E-state index is -0.279. The lowest BCUT2D eigenvalue weighted by atomic mass is 9.94. The maximum absolute atomic E-state index is 13.5. The molecule has 2 aromatic heterocycles. The van der Waals surface area contributed by atoms with Gasteiger partial charge in [0.25, 0.3) is 5.91 Å². The zero-order valence-electron chi connectivity index (χ0n) is 16.4. The predicted molar refractivity (Wildman–Crippen MR) is 111 cm³/mol. The summed E-state index contributed by atoms with van der Waals surface area (Å²) in [6, 6.07) is 4.93. The number of nitrogens with zero attached hydrogens (tertiary/aromatic N) is 2. The number of aromatic nitrogens is 2. The standard InChI is InChI=1S/C21H23FN4O2S/c1-21(2)9-17-18(19(27)25-21)29-20(24-17)26-5-6-28-11-14(26)7-12-10-23-16-8-13(22)3-4-15(12)16/h3-4,8,10,14,23H,5-7,9,11H2,1-2H3,(H,25,27). The number of benzene rings is 1. The van der Waals surface area contributed by atoms with E-state index in [2.05, 4.69) is 15.2 Å². The van der Waals surface area contributed by atoms with Crippen LogP contribution in [-0.2, 0) is 17.6 Å². The summed E-state index contributed by atoms with van der Waals surface area (Å²) in [5.74, 6) is -0.286. The maximum atomic E-state index is 13.5.